The van der Waals surface area contributed by atoms with E-state index < -0.39 is 6.09 Å². The van der Waals surface area contributed by atoms with Gasteiger partial charge in [-0.25, -0.2) is 9.78 Å². The average molecular weight is 266 g/mol. The van der Waals surface area contributed by atoms with Crippen LogP contribution in [-0.2, 0) is 0 Å². The standard InChI is InChI=1S/C14H10N4O2/c1-16-14(19)20-13-12-10(6-8(7-15)17-13)9-4-2-3-5-11(9)18-12/h2-6,18H,1H3,(H,16,19). The van der Waals surface area contributed by atoms with Gasteiger partial charge in [0.15, 0.2) is 0 Å². The van der Waals surface area contributed by atoms with Crippen LogP contribution in [0.25, 0.3) is 21.8 Å². The Hall–Kier alpha value is -3.07. The number of nitriles is 1. The fraction of sp³-hybridized carbons (Fsp3) is 0.0714. The van der Waals surface area contributed by atoms with Crippen molar-refractivity contribution in [1.82, 2.24) is 15.3 Å². The van der Waals surface area contributed by atoms with Crippen LogP contribution in [0.4, 0.5) is 4.79 Å². The number of benzene rings is 1. The minimum Gasteiger partial charge on any atom is -0.389 e. The monoisotopic (exact) mass is 266 g/mol. The van der Waals surface area contributed by atoms with Gasteiger partial charge >= 0.3 is 6.09 Å². The lowest BCUT2D eigenvalue weighted by Crippen LogP contribution is -2.22. The molecule has 0 aliphatic rings. The first-order valence-corrected chi connectivity index (χ1v) is 5.94. The summed E-state index contributed by atoms with van der Waals surface area (Å²) < 4.78 is 5.11. The number of nitrogens with zero attached hydrogens (tertiary/aromatic N) is 2. The minimum absolute atomic E-state index is 0.0922. The van der Waals surface area contributed by atoms with E-state index in [2.05, 4.69) is 15.3 Å². The third-order valence-electron chi connectivity index (χ3n) is 2.97. The van der Waals surface area contributed by atoms with Gasteiger partial charge in [-0.15, -0.1) is 0 Å². The smallest absolute Gasteiger partial charge is 0.389 e. The third-order valence-corrected chi connectivity index (χ3v) is 2.97. The largest absolute Gasteiger partial charge is 0.413 e. The zero-order valence-corrected chi connectivity index (χ0v) is 10.6. The summed E-state index contributed by atoms with van der Waals surface area (Å²) in [7, 11) is 1.46. The van der Waals surface area contributed by atoms with Crippen molar-refractivity contribution in [2.45, 2.75) is 0 Å². The van der Waals surface area contributed by atoms with Gasteiger partial charge < -0.3 is 15.0 Å². The lowest BCUT2D eigenvalue weighted by Gasteiger charge is -2.04. The Kier molecular flexibility index (Phi) is 2.73. The highest BCUT2D eigenvalue weighted by molar-refractivity contribution is 6.09. The molecule has 2 aromatic heterocycles. The molecule has 2 N–H and O–H groups in total. The molecule has 0 atom stereocenters. The van der Waals surface area contributed by atoms with Gasteiger partial charge in [-0.1, -0.05) is 18.2 Å². The van der Waals surface area contributed by atoms with Crippen LogP contribution in [0.1, 0.15) is 5.69 Å². The highest BCUT2D eigenvalue weighted by Crippen LogP contribution is 2.31. The molecule has 3 aromatic rings. The lowest BCUT2D eigenvalue weighted by molar-refractivity contribution is 0.201. The van der Waals surface area contributed by atoms with Gasteiger partial charge in [0, 0.05) is 23.3 Å². The molecule has 0 aliphatic heterocycles. The fourth-order valence-electron chi connectivity index (χ4n) is 2.09. The second kappa shape index (κ2) is 4.55. The summed E-state index contributed by atoms with van der Waals surface area (Å²) >= 11 is 0. The van der Waals surface area contributed by atoms with Gasteiger partial charge in [-0.3, -0.25) is 0 Å². The number of pyridine rings is 1. The molecule has 1 amide bonds. The van der Waals surface area contributed by atoms with E-state index in [0.717, 1.165) is 16.3 Å². The molecule has 0 saturated heterocycles. The molecule has 6 nitrogen and oxygen atoms in total. The maximum absolute atomic E-state index is 11.4. The van der Waals surface area contributed by atoms with Gasteiger partial charge in [-0.2, -0.15) is 5.26 Å². The van der Waals surface area contributed by atoms with Crippen LogP contribution in [0.3, 0.4) is 0 Å². The number of aromatic nitrogens is 2. The molecule has 0 radical (unpaired) electrons. The van der Waals surface area contributed by atoms with Gasteiger partial charge in [0.05, 0.1) is 0 Å². The molecular weight excluding hydrogens is 256 g/mol. The molecule has 0 unspecified atom stereocenters. The number of para-hydroxylation sites is 1. The maximum Gasteiger partial charge on any atom is 0.413 e. The molecule has 0 bridgehead atoms. The predicted octanol–water partition coefficient (Wildman–Crippen LogP) is 2.31. The molecule has 1 aromatic carbocycles. The highest BCUT2D eigenvalue weighted by atomic mass is 16.6. The quantitative estimate of drug-likeness (QED) is 0.707. The molecule has 0 aliphatic carbocycles. The maximum atomic E-state index is 11.4. The van der Waals surface area contributed by atoms with Gasteiger partial charge in [-0.05, 0) is 12.1 Å². The van der Waals surface area contributed by atoms with E-state index in [1.165, 1.54) is 7.05 Å². The van der Waals surface area contributed by atoms with E-state index in [-0.39, 0.29) is 11.6 Å². The Morgan fingerprint density at radius 2 is 2.20 bits per heavy atom. The number of hydrogen-bond acceptors (Lipinski definition) is 4. The van der Waals surface area contributed by atoms with E-state index in [0.29, 0.717) is 5.52 Å². The van der Waals surface area contributed by atoms with Crippen molar-refractivity contribution in [3.63, 3.8) is 0 Å². The van der Waals surface area contributed by atoms with Crippen LogP contribution < -0.4 is 10.1 Å². The molecule has 2 heterocycles. The first-order chi connectivity index (χ1) is 9.72. The lowest BCUT2D eigenvalue weighted by atomic mass is 10.1. The zero-order chi connectivity index (χ0) is 14.1. The molecule has 3 rings (SSSR count). The Morgan fingerprint density at radius 1 is 1.40 bits per heavy atom. The molecular formula is C14H10N4O2. The molecule has 20 heavy (non-hydrogen) atoms. The molecule has 6 heteroatoms. The van der Waals surface area contributed by atoms with Gasteiger partial charge in [0.25, 0.3) is 0 Å². The fourth-order valence-corrected chi connectivity index (χ4v) is 2.09. The average Bonchev–Trinajstić information content (AvgIpc) is 2.86. The van der Waals surface area contributed by atoms with E-state index in [1.807, 2.05) is 30.3 Å². The molecule has 0 saturated carbocycles. The number of fused-ring (bicyclic) bond motifs is 3. The third kappa shape index (κ3) is 1.82. The molecule has 98 valence electrons. The summed E-state index contributed by atoms with van der Waals surface area (Å²) in [6, 6.07) is 11.3. The van der Waals surface area contributed by atoms with E-state index in [9.17, 15) is 4.79 Å². The van der Waals surface area contributed by atoms with Crippen LogP contribution in [0.5, 0.6) is 5.88 Å². The number of aromatic amines is 1. The summed E-state index contributed by atoms with van der Waals surface area (Å²) in [5.74, 6) is 0.0922. The SMILES string of the molecule is CNC(=O)Oc1nc(C#N)cc2c1[nH]c1ccccc12. The summed E-state index contributed by atoms with van der Waals surface area (Å²) in [6.45, 7) is 0. The first kappa shape index (κ1) is 12.0. The normalized spacial score (nSPS) is 10.4. The second-order valence-electron chi connectivity index (χ2n) is 4.16. The molecule has 0 spiro atoms. The van der Waals surface area contributed by atoms with Crippen molar-refractivity contribution >= 4 is 27.9 Å². The predicted molar refractivity (Wildman–Crippen MR) is 73.4 cm³/mol. The number of nitrogens with one attached hydrogen (secondary N) is 2. The Labute approximate surface area is 114 Å². The van der Waals surface area contributed by atoms with Crippen molar-refractivity contribution in [3.05, 3.63) is 36.0 Å². The van der Waals surface area contributed by atoms with Crippen molar-refractivity contribution in [3.8, 4) is 11.9 Å². The highest BCUT2D eigenvalue weighted by Gasteiger charge is 2.14. The second-order valence-corrected chi connectivity index (χ2v) is 4.16. The first-order valence-electron chi connectivity index (χ1n) is 5.94. The van der Waals surface area contributed by atoms with Crippen molar-refractivity contribution in [1.29, 1.82) is 5.26 Å². The summed E-state index contributed by atoms with van der Waals surface area (Å²) in [6.07, 6.45) is -0.632. The van der Waals surface area contributed by atoms with Gasteiger partial charge in [0.2, 0.25) is 5.88 Å². The Morgan fingerprint density at radius 3 is 2.95 bits per heavy atom. The Balaban J connectivity index is 2.32. The number of carbonyl (C=O) groups is 1. The number of carbonyl (C=O) groups excluding carboxylic acids is 1. The van der Waals surface area contributed by atoms with Crippen LogP contribution in [0.15, 0.2) is 30.3 Å². The van der Waals surface area contributed by atoms with Crippen molar-refractivity contribution < 1.29 is 9.53 Å². The minimum atomic E-state index is -0.632. The summed E-state index contributed by atoms with van der Waals surface area (Å²) in [5.41, 5.74) is 1.68. The topological polar surface area (TPSA) is 90.8 Å². The van der Waals surface area contributed by atoms with Crippen LogP contribution >= 0.6 is 0 Å². The van der Waals surface area contributed by atoms with Crippen LogP contribution in [-0.4, -0.2) is 23.1 Å². The van der Waals surface area contributed by atoms with E-state index in [4.69, 9.17) is 10.00 Å². The van der Waals surface area contributed by atoms with Crippen LogP contribution in [0, 0.1) is 11.3 Å². The zero-order valence-electron chi connectivity index (χ0n) is 10.6. The number of rotatable bonds is 1. The summed E-state index contributed by atoms with van der Waals surface area (Å²) in [5, 5.41) is 13.1. The number of hydrogen-bond donors (Lipinski definition) is 2. The van der Waals surface area contributed by atoms with Crippen molar-refractivity contribution in [2.24, 2.45) is 0 Å². The number of amides is 1. The van der Waals surface area contributed by atoms with Crippen LogP contribution in [0.2, 0.25) is 0 Å². The Bertz CT molecular complexity index is 861. The molecule has 0 fully saturated rings. The van der Waals surface area contributed by atoms with Gasteiger partial charge in [0.1, 0.15) is 17.3 Å². The summed E-state index contributed by atoms with van der Waals surface area (Å²) in [4.78, 5) is 18.5. The number of H-pyrrole nitrogens is 1. The van der Waals surface area contributed by atoms with E-state index >= 15 is 0 Å². The van der Waals surface area contributed by atoms with E-state index in [1.54, 1.807) is 6.07 Å². The number of ether oxygens (including phenoxy) is 1. The van der Waals surface area contributed by atoms with Crippen molar-refractivity contribution in [2.75, 3.05) is 7.05 Å².